The first-order chi connectivity index (χ1) is 10.0. The predicted octanol–water partition coefficient (Wildman–Crippen LogP) is 1.84. The minimum Gasteiger partial charge on any atom is -0.342 e. The van der Waals surface area contributed by atoms with E-state index in [9.17, 15) is 9.59 Å². The molecule has 116 valence electrons. The van der Waals surface area contributed by atoms with Crippen LogP contribution in [0, 0.1) is 5.92 Å². The molecule has 1 aliphatic heterocycles. The number of carbonyl (C=O) groups excluding carboxylic acids is 2. The third kappa shape index (κ3) is 3.61. The molecule has 2 amide bonds. The van der Waals surface area contributed by atoms with Crippen LogP contribution in [-0.2, 0) is 16.0 Å². The zero-order valence-electron chi connectivity index (χ0n) is 12.8. The molecule has 1 aliphatic rings. The zero-order valence-corrected chi connectivity index (χ0v) is 13.7. The molecular weight excluding hydrogens is 286 g/mol. The van der Waals surface area contributed by atoms with E-state index in [4.69, 9.17) is 0 Å². The highest BCUT2D eigenvalue weighted by Crippen LogP contribution is 2.20. The van der Waals surface area contributed by atoms with E-state index in [0.717, 1.165) is 12.1 Å². The van der Waals surface area contributed by atoms with Gasteiger partial charge in [0.25, 0.3) is 0 Å². The first-order valence-corrected chi connectivity index (χ1v) is 8.46. The van der Waals surface area contributed by atoms with E-state index < -0.39 is 0 Å². The summed E-state index contributed by atoms with van der Waals surface area (Å²) in [6.07, 6.45) is 2.27. The highest BCUT2D eigenvalue weighted by molar-refractivity contribution is 7.07. The van der Waals surface area contributed by atoms with Gasteiger partial charge in [0.15, 0.2) is 0 Å². The third-order valence-electron chi connectivity index (χ3n) is 3.80. The lowest BCUT2D eigenvalue weighted by Gasteiger charge is -2.40. The van der Waals surface area contributed by atoms with Gasteiger partial charge in [-0.1, -0.05) is 27.2 Å². The molecule has 2 heterocycles. The van der Waals surface area contributed by atoms with Crippen LogP contribution in [0.5, 0.6) is 0 Å². The summed E-state index contributed by atoms with van der Waals surface area (Å²) in [4.78, 5) is 31.0. The second kappa shape index (κ2) is 7.02. The van der Waals surface area contributed by atoms with Gasteiger partial charge >= 0.3 is 0 Å². The van der Waals surface area contributed by atoms with Crippen molar-refractivity contribution in [2.24, 2.45) is 5.92 Å². The Labute approximate surface area is 129 Å². The molecule has 21 heavy (non-hydrogen) atoms. The maximum absolute atomic E-state index is 12.6. The quantitative estimate of drug-likeness (QED) is 0.872. The SMILES string of the molecule is CCCC1NC(=O)C(C(C)C)N(CCc2cscn2)C1=O. The van der Waals surface area contributed by atoms with Crippen molar-refractivity contribution in [1.82, 2.24) is 15.2 Å². The van der Waals surface area contributed by atoms with E-state index >= 15 is 0 Å². The number of nitrogens with one attached hydrogen (secondary N) is 1. The van der Waals surface area contributed by atoms with Crippen molar-refractivity contribution in [3.8, 4) is 0 Å². The van der Waals surface area contributed by atoms with E-state index in [1.54, 1.807) is 21.7 Å². The number of hydrogen-bond donors (Lipinski definition) is 1. The molecule has 1 aromatic rings. The van der Waals surface area contributed by atoms with Crippen LogP contribution in [0.2, 0.25) is 0 Å². The van der Waals surface area contributed by atoms with E-state index in [2.05, 4.69) is 10.3 Å². The van der Waals surface area contributed by atoms with Gasteiger partial charge in [-0.05, 0) is 12.3 Å². The number of amides is 2. The second-order valence-corrected chi connectivity index (χ2v) is 6.52. The minimum atomic E-state index is -0.371. The lowest BCUT2D eigenvalue weighted by Crippen LogP contribution is -2.65. The fraction of sp³-hybridized carbons (Fsp3) is 0.667. The van der Waals surface area contributed by atoms with E-state index in [0.29, 0.717) is 19.4 Å². The average Bonchev–Trinajstić information content (AvgIpc) is 2.93. The first kappa shape index (κ1) is 15.9. The maximum atomic E-state index is 12.6. The van der Waals surface area contributed by atoms with Gasteiger partial charge < -0.3 is 10.2 Å². The van der Waals surface area contributed by atoms with Gasteiger partial charge in [0.1, 0.15) is 12.1 Å². The molecular formula is C15H23N3O2S. The molecule has 0 radical (unpaired) electrons. The van der Waals surface area contributed by atoms with Gasteiger partial charge in [-0.2, -0.15) is 0 Å². The zero-order chi connectivity index (χ0) is 15.4. The Bertz CT molecular complexity index is 487. The van der Waals surface area contributed by atoms with Crippen LogP contribution >= 0.6 is 11.3 Å². The molecule has 0 saturated carbocycles. The molecule has 2 atom stereocenters. The number of rotatable bonds is 6. The molecule has 1 aromatic heterocycles. The smallest absolute Gasteiger partial charge is 0.245 e. The molecule has 0 spiro atoms. The van der Waals surface area contributed by atoms with Crippen molar-refractivity contribution in [2.75, 3.05) is 6.54 Å². The summed E-state index contributed by atoms with van der Waals surface area (Å²) in [6.45, 7) is 6.54. The maximum Gasteiger partial charge on any atom is 0.245 e. The summed E-state index contributed by atoms with van der Waals surface area (Å²) in [6, 6.07) is -0.739. The summed E-state index contributed by atoms with van der Waals surface area (Å²) in [5, 5.41) is 4.87. The molecule has 1 fully saturated rings. The Morgan fingerprint density at radius 1 is 1.43 bits per heavy atom. The highest BCUT2D eigenvalue weighted by Gasteiger charge is 2.41. The summed E-state index contributed by atoms with van der Waals surface area (Å²) in [5.74, 6) is 0.124. The Hall–Kier alpha value is -1.43. The molecule has 6 heteroatoms. The normalized spacial score (nSPS) is 22.8. The number of piperazine rings is 1. The average molecular weight is 309 g/mol. The molecule has 5 nitrogen and oxygen atoms in total. The van der Waals surface area contributed by atoms with Crippen molar-refractivity contribution in [3.05, 3.63) is 16.6 Å². The lowest BCUT2D eigenvalue weighted by molar-refractivity contribution is -0.151. The van der Waals surface area contributed by atoms with Gasteiger partial charge in [-0.25, -0.2) is 4.98 Å². The van der Waals surface area contributed by atoms with Crippen LogP contribution in [0.4, 0.5) is 0 Å². The van der Waals surface area contributed by atoms with Crippen molar-refractivity contribution in [1.29, 1.82) is 0 Å². The largest absolute Gasteiger partial charge is 0.342 e. The van der Waals surface area contributed by atoms with Crippen molar-refractivity contribution >= 4 is 23.2 Å². The Morgan fingerprint density at radius 2 is 2.19 bits per heavy atom. The number of hydrogen-bond acceptors (Lipinski definition) is 4. The lowest BCUT2D eigenvalue weighted by atomic mass is 9.95. The van der Waals surface area contributed by atoms with Crippen molar-refractivity contribution in [2.45, 2.75) is 52.1 Å². The standard InChI is InChI=1S/C15H23N3O2S/c1-4-5-12-15(20)18(7-6-11-8-21-9-16-11)13(10(2)3)14(19)17-12/h8-10,12-13H,4-7H2,1-3H3,(H,17,19). The van der Waals surface area contributed by atoms with Gasteiger partial charge in [-0.15, -0.1) is 11.3 Å². The van der Waals surface area contributed by atoms with E-state index in [-0.39, 0.29) is 29.8 Å². The molecule has 0 bridgehead atoms. The fourth-order valence-electron chi connectivity index (χ4n) is 2.79. The summed E-state index contributed by atoms with van der Waals surface area (Å²) >= 11 is 1.55. The van der Waals surface area contributed by atoms with Gasteiger partial charge in [-0.3, -0.25) is 9.59 Å². The molecule has 0 aromatic carbocycles. The van der Waals surface area contributed by atoms with Crippen LogP contribution < -0.4 is 5.32 Å². The summed E-state index contributed by atoms with van der Waals surface area (Å²) in [5.41, 5.74) is 2.77. The molecule has 1 saturated heterocycles. The van der Waals surface area contributed by atoms with E-state index in [1.807, 2.05) is 26.2 Å². The summed E-state index contributed by atoms with van der Waals surface area (Å²) < 4.78 is 0. The van der Waals surface area contributed by atoms with Gasteiger partial charge in [0, 0.05) is 18.3 Å². The van der Waals surface area contributed by atoms with Crippen LogP contribution in [-0.4, -0.2) is 40.3 Å². The van der Waals surface area contributed by atoms with Crippen LogP contribution in [0.3, 0.4) is 0 Å². The monoisotopic (exact) mass is 309 g/mol. The number of thiazole rings is 1. The van der Waals surface area contributed by atoms with Crippen LogP contribution in [0.1, 0.15) is 39.3 Å². The summed E-state index contributed by atoms with van der Waals surface area (Å²) in [7, 11) is 0. The van der Waals surface area contributed by atoms with E-state index in [1.165, 1.54) is 0 Å². The number of nitrogens with zero attached hydrogens (tertiary/aromatic N) is 2. The second-order valence-electron chi connectivity index (χ2n) is 5.80. The highest BCUT2D eigenvalue weighted by atomic mass is 32.1. The fourth-order valence-corrected chi connectivity index (χ4v) is 3.38. The van der Waals surface area contributed by atoms with Crippen molar-refractivity contribution < 1.29 is 9.59 Å². The number of carbonyl (C=O) groups is 2. The minimum absolute atomic E-state index is 0.0265. The molecule has 2 unspecified atom stereocenters. The first-order valence-electron chi connectivity index (χ1n) is 7.52. The molecule has 1 N–H and O–H groups in total. The van der Waals surface area contributed by atoms with Crippen LogP contribution in [0.25, 0.3) is 0 Å². The third-order valence-corrected chi connectivity index (χ3v) is 4.44. The molecule has 0 aliphatic carbocycles. The Morgan fingerprint density at radius 3 is 2.76 bits per heavy atom. The van der Waals surface area contributed by atoms with Crippen LogP contribution in [0.15, 0.2) is 10.9 Å². The Balaban J connectivity index is 2.13. The molecule has 2 rings (SSSR count). The van der Waals surface area contributed by atoms with Crippen molar-refractivity contribution in [3.63, 3.8) is 0 Å². The Kier molecular flexibility index (Phi) is 5.33. The van der Waals surface area contributed by atoms with Gasteiger partial charge in [0.2, 0.25) is 11.8 Å². The predicted molar refractivity (Wildman–Crippen MR) is 83.0 cm³/mol. The topological polar surface area (TPSA) is 62.3 Å². The number of aromatic nitrogens is 1. The van der Waals surface area contributed by atoms with Gasteiger partial charge in [0.05, 0.1) is 11.2 Å².